The third-order valence-corrected chi connectivity index (χ3v) is 1.83. The first-order valence-corrected chi connectivity index (χ1v) is 3.98. The maximum Gasteiger partial charge on any atom is 0.236 e. The lowest BCUT2D eigenvalue weighted by atomic mass is 10.3. The van der Waals surface area contributed by atoms with Crippen LogP contribution in [-0.2, 0) is 4.79 Å². The maximum atomic E-state index is 10.5. The Morgan fingerprint density at radius 1 is 1.69 bits per heavy atom. The number of anilines is 1. The van der Waals surface area contributed by atoms with Crippen LogP contribution < -0.4 is 11.1 Å². The molecule has 1 heterocycles. The number of hydrogen-bond acceptors (Lipinski definition) is 4. The first kappa shape index (κ1) is 9.73. The zero-order valence-corrected chi connectivity index (χ0v) is 7.80. The van der Waals surface area contributed by atoms with Crippen LogP contribution in [0, 0.1) is 6.92 Å². The molecule has 0 saturated heterocycles. The number of rotatable bonds is 3. The van der Waals surface area contributed by atoms with Crippen LogP contribution in [0.4, 0.5) is 5.82 Å². The molecular weight excluding hydrogens is 192 g/mol. The van der Waals surface area contributed by atoms with Crippen LogP contribution in [0.3, 0.4) is 0 Å². The molecule has 1 rings (SSSR count). The van der Waals surface area contributed by atoms with Gasteiger partial charge in [-0.2, -0.15) is 0 Å². The molecule has 1 aromatic heterocycles. The molecule has 13 heavy (non-hydrogen) atoms. The molecule has 0 radical (unpaired) electrons. The Morgan fingerprint density at radius 3 is 3.00 bits per heavy atom. The number of aromatic nitrogens is 2. The normalized spacial score (nSPS) is 9.69. The molecular formula is C7H9ClN4O. The summed E-state index contributed by atoms with van der Waals surface area (Å²) in [5, 5.41) is 3.11. The number of carbonyl (C=O) groups is 1. The summed E-state index contributed by atoms with van der Waals surface area (Å²) in [7, 11) is 0. The Hall–Kier alpha value is -1.36. The highest BCUT2D eigenvalue weighted by Gasteiger charge is 2.04. The lowest BCUT2D eigenvalue weighted by Gasteiger charge is -2.05. The standard InChI is InChI=1S/C7H9ClN4O/c1-4-6(8)11-3-12-7(4)10-2-5(9)13/h3H,2H2,1H3,(H2,9,13)(H,10,11,12). The van der Waals surface area contributed by atoms with E-state index in [0.717, 1.165) is 0 Å². The van der Waals surface area contributed by atoms with Crippen LogP contribution in [-0.4, -0.2) is 22.4 Å². The van der Waals surface area contributed by atoms with Crippen LogP contribution >= 0.6 is 11.6 Å². The fourth-order valence-corrected chi connectivity index (χ4v) is 0.911. The molecule has 0 aliphatic carbocycles. The van der Waals surface area contributed by atoms with E-state index in [-0.39, 0.29) is 6.54 Å². The van der Waals surface area contributed by atoms with E-state index in [4.69, 9.17) is 17.3 Å². The Morgan fingerprint density at radius 2 is 2.38 bits per heavy atom. The van der Waals surface area contributed by atoms with Gasteiger partial charge in [-0.15, -0.1) is 0 Å². The van der Waals surface area contributed by atoms with Crippen LogP contribution in [0.25, 0.3) is 0 Å². The van der Waals surface area contributed by atoms with Crippen molar-refractivity contribution in [2.45, 2.75) is 6.92 Å². The van der Waals surface area contributed by atoms with Crippen LogP contribution in [0.15, 0.2) is 6.33 Å². The molecule has 70 valence electrons. The van der Waals surface area contributed by atoms with Gasteiger partial charge in [0.15, 0.2) is 0 Å². The molecule has 0 fully saturated rings. The average Bonchev–Trinajstić information content (AvgIpc) is 2.07. The molecule has 0 atom stereocenters. The third-order valence-electron chi connectivity index (χ3n) is 1.45. The second-order valence-corrected chi connectivity index (χ2v) is 2.82. The maximum absolute atomic E-state index is 10.5. The molecule has 0 unspecified atom stereocenters. The highest BCUT2D eigenvalue weighted by atomic mass is 35.5. The minimum Gasteiger partial charge on any atom is -0.368 e. The predicted molar refractivity (Wildman–Crippen MR) is 49.5 cm³/mol. The number of halogens is 1. The largest absolute Gasteiger partial charge is 0.368 e. The van der Waals surface area contributed by atoms with Gasteiger partial charge in [0.05, 0.1) is 6.54 Å². The van der Waals surface area contributed by atoms with Crippen molar-refractivity contribution in [3.8, 4) is 0 Å². The van der Waals surface area contributed by atoms with E-state index in [1.165, 1.54) is 6.33 Å². The molecule has 6 heteroatoms. The van der Waals surface area contributed by atoms with E-state index in [0.29, 0.717) is 16.5 Å². The Bertz CT molecular complexity index is 328. The summed E-state index contributed by atoms with van der Waals surface area (Å²) in [6.45, 7) is 1.79. The number of hydrogen-bond donors (Lipinski definition) is 2. The van der Waals surface area contributed by atoms with Crippen molar-refractivity contribution < 1.29 is 4.79 Å². The Labute approximate surface area is 80.3 Å². The van der Waals surface area contributed by atoms with Gasteiger partial charge in [0.2, 0.25) is 5.91 Å². The van der Waals surface area contributed by atoms with E-state index in [2.05, 4.69) is 15.3 Å². The molecule has 0 aliphatic rings. The Kier molecular flexibility index (Phi) is 3.02. The van der Waals surface area contributed by atoms with E-state index in [9.17, 15) is 4.79 Å². The van der Waals surface area contributed by atoms with Gasteiger partial charge in [-0.3, -0.25) is 4.79 Å². The van der Waals surface area contributed by atoms with Crippen LogP contribution in [0.5, 0.6) is 0 Å². The average molecular weight is 201 g/mol. The summed E-state index contributed by atoms with van der Waals surface area (Å²) in [5.41, 5.74) is 5.65. The number of amides is 1. The van der Waals surface area contributed by atoms with Gasteiger partial charge < -0.3 is 11.1 Å². The van der Waals surface area contributed by atoms with Gasteiger partial charge in [-0.25, -0.2) is 9.97 Å². The van der Waals surface area contributed by atoms with Gasteiger partial charge in [-0.05, 0) is 6.92 Å². The number of primary amides is 1. The minimum absolute atomic E-state index is 0.0359. The second kappa shape index (κ2) is 4.04. The quantitative estimate of drug-likeness (QED) is 0.690. The van der Waals surface area contributed by atoms with E-state index < -0.39 is 5.91 Å². The summed E-state index contributed by atoms with van der Waals surface area (Å²) < 4.78 is 0. The minimum atomic E-state index is -0.450. The van der Waals surface area contributed by atoms with Crippen LogP contribution in [0.1, 0.15) is 5.56 Å². The fourth-order valence-electron chi connectivity index (χ4n) is 0.778. The second-order valence-electron chi connectivity index (χ2n) is 2.46. The van der Waals surface area contributed by atoms with E-state index in [1.54, 1.807) is 6.92 Å². The van der Waals surface area contributed by atoms with Gasteiger partial charge >= 0.3 is 0 Å². The summed E-state index contributed by atoms with van der Waals surface area (Å²) in [6.07, 6.45) is 1.32. The molecule has 1 amide bonds. The smallest absolute Gasteiger partial charge is 0.236 e. The lowest BCUT2D eigenvalue weighted by Crippen LogP contribution is -2.22. The predicted octanol–water partition coefficient (Wildman–Crippen LogP) is 0.336. The number of nitrogens with two attached hydrogens (primary N) is 1. The fraction of sp³-hybridized carbons (Fsp3) is 0.286. The molecule has 0 spiro atoms. The zero-order chi connectivity index (χ0) is 9.84. The number of nitrogens with one attached hydrogen (secondary N) is 1. The van der Waals surface area contributed by atoms with Gasteiger partial charge in [-0.1, -0.05) is 11.6 Å². The number of nitrogens with zero attached hydrogens (tertiary/aromatic N) is 2. The van der Waals surface area contributed by atoms with Crippen molar-refractivity contribution in [1.82, 2.24) is 9.97 Å². The van der Waals surface area contributed by atoms with Gasteiger partial charge in [0.25, 0.3) is 0 Å². The highest BCUT2D eigenvalue weighted by molar-refractivity contribution is 6.30. The first-order valence-electron chi connectivity index (χ1n) is 3.60. The SMILES string of the molecule is Cc1c(Cl)ncnc1NCC(N)=O. The third kappa shape index (κ3) is 2.55. The van der Waals surface area contributed by atoms with Crippen molar-refractivity contribution in [3.05, 3.63) is 17.0 Å². The molecule has 3 N–H and O–H groups in total. The summed E-state index contributed by atoms with van der Waals surface area (Å²) in [6, 6.07) is 0. The van der Waals surface area contributed by atoms with Crippen LogP contribution in [0.2, 0.25) is 5.15 Å². The van der Waals surface area contributed by atoms with Crippen molar-refractivity contribution >= 4 is 23.3 Å². The molecule has 1 aromatic rings. The monoisotopic (exact) mass is 200 g/mol. The van der Waals surface area contributed by atoms with E-state index in [1.807, 2.05) is 0 Å². The molecule has 0 saturated carbocycles. The summed E-state index contributed by atoms with van der Waals surface area (Å²) in [5.74, 6) is 0.0768. The van der Waals surface area contributed by atoms with Crippen molar-refractivity contribution in [1.29, 1.82) is 0 Å². The van der Waals surface area contributed by atoms with Crippen molar-refractivity contribution in [2.75, 3.05) is 11.9 Å². The molecule has 0 aromatic carbocycles. The van der Waals surface area contributed by atoms with Gasteiger partial charge in [0.1, 0.15) is 17.3 Å². The van der Waals surface area contributed by atoms with Gasteiger partial charge in [0, 0.05) is 5.56 Å². The number of carbonyl (C=O) groups excluding carboxylic acids is 1. The molecule has 5 nitrogen and oxygen atoms in total. The zero-order valence-electron chi connectivity index (χ0n) is 7.04. The van der Waals surface area contributed by atoms with E-state index >= 15 is 0 Å². The molecule has 0 aliphatic heterocycles. The highest BCUT2D eigenvalue weighted by Crippen LogP contribution is 2.17. The molecule has 0 bridgehead atoms. The Balaban J connectivity index is 2.77. The van der Waals surface area contributed by atoms with Crippen molar-refractivity contribution in [3.63, 3.8) is 0 Å². The summed E-state index contributed by atoms with van der Waals surface area (Å²) in [4.78, 5) is 18.1. The first-order chi connectivity index (χ1) is 6.11. The topological polar surface area (TPSA) is 80.9 Å². The summed E-state index contributed by atoms with van der Waals surface area (Å²) >= 11 is 5.72. The van der Waals surface area contributed by atoms with Crippen molar-refractivity contribution in [2.24, 2.45) is 5.73 Å². The lowest BCUT2D eigenvalue weighted by molar-refractivity contribution is -0.116.